The molecule has 1 fully saturated rings. The minimum Gasteiger partial charge on any atom is -0.479 e. The number of aliphatic carboxylic acids is 1. The summed E-state index contributed by atoms with van der Waals surface area (Å²) in [5.74, 6) is -1.71. The number of para-hydroxylation sites is 1. The van der Waals surface area contributed by atoms with Gasteiger partial charge in [0.25, 0.3) is 5.91 Å². The smallest absolute Gasteiger partial charge is 0.411 e. The Hall–Kier alpha value is -4.17. The summed E-state index contributed by atoms with van der Waals surface area (Å²) < 4.78 is 10.8. The number of amides is 2. The van der Waals surface area contributed by atoms with Gasteiger partial charge in [-0.2, -0.15) is 0 Å². The first-order valence-electron chi connectivity index (χ1n) is 11.4. The minimum absolute atomic E-state index is 0.0815. The fourth-order valence-electron chi connectivity index (χ4n) is 4.76. The number of ether oxygens (including phenoxy) is 2. The summed E-state index contributed by atoms with van der Waals surface area (Å²) >= 11 is 0. The molecule has 35 heavy (non-hydrogen) atoms. The quantitative estimate of drug-likeness (QED) is 0.499. The molecule has 2 atom stereocenters. The minimum atomic E-state index is -1.13. The van der Waals surface area contributed by atoms with Crippen molar-refractivity contribution in [3.63, 3.8) is 0 Å². The molecule has 2 aliphatic rings. The van der Waals surface area contributed by atoms with Crippen molar-refractivity contribution < 1.29 is 29.0 Å². The summed E-state index contributed by atoms with van der Waals surface area (Å²) in [7, 11) is 0. The van der Waals surface area contributed by atoms with Crippen LogP contribution in [-0.4, -0.2) is 48.4 Å². The Labute approximate surface area is 201 Å². The van der Waals surface area contributed by atoms with E-state index in [0.29, 0.717) is 6.42 Å². The molecule has 1 aliphatic heterocycles. The second kappa shape index (κ2) is 9.60. The Bertz CT molecular complexity index is 1240. The summed E-state index contributed by atoms with van der Waals surface area (Å²) in [6.45, 7) is 0.398. The zero-order chi connectivity index (χ0) is 24.4. The lowest BCUT2D eigenvalue weighted by molar-refractivity contribution is -0.148. The van der Waals surface area contributed by atoms with E-state index in [1.165, 1.54) is 0 Å². The second-order valence-electron chi connectivity index (χ2n) is 8.49. The zero-order valence-corrected chi connectivity index (χ0v) is 18.8. The summed E-state index contributed by atoms with van der Waals surface area (Å²) in [6.07, 6.45) is -1.38. The zero-order valence-electron chi connectivity index (χ0n) is 18.8. The number of fused-ring (bicyclic) bond motifs is 3. The summed E-state index contributed by atoms with van der Waals surface area (Å²) in [5, 5.41) is 14.6. The Morgan fingerprint density at radius 3 is 2.23 bits per heavy atom. The van der Waals surface area contributed by atoms with E-state index in [0.717, 1.165) is 22.3 Å². The molecule has 178 valence electrons. The highest BCUT2D eigenvalue weighted by molar-refractivity contribution is 6.03. The fourth-order valence-corrected chi connectivity index (χ4v) is 4.76. The lowest BCUT2D eigenvalue weighted by Gasteiger charge is -2.18. The highest BCUT2D eigenvalue weighted by atomic mass is 16.5. The normalized spacial score (nSPS) is 18.4. The molecule has 5 rings (SSSR count). The van der Waals surface area contributed by atoms with Crippen LogP contribution in [-0.2, 0) is 14.3 Å². The third-order valence-corrected chi connectivity index (χ3v) is 6.40. The van der Waals surface area contributed by atoms with Gasteiger partial charge in [0.05, 0.1) is 17.3 Å². The van der Waals surface area contributed by atoms with Crippen molar-refractivity contribution in [2.75, 3.05) is 18.5 Å². The lowest BCUT2D eigenvalue weighted by atomic mass is 9.98. The molecule has 2 unspecified atom stereocenters. The van der Waals surface area contributed by atoms with Gasteiger partial charge in [-0.15, -0.1) is 0 Å². The van der Waals surface area contributed by atoms with E-state index in [-0.39, 0.29) is 30.4 Å². The predicted molar refractivity (Wildman–Crippen MR) is 128 cm³/mol. The Morgan fingerprint density at radius 2 is 1.54 bits per heavy atom. The summed E-state index contributed by atoms with van der Waals surface area (Å²) in [5.41, 5.74) is 4.95. The molecule has 1 heterocycles. The van der Waals surface area contributed by atoms with Gasteiger partial charge in [0.1, 0.15) is 6.61 Å². The Morgan fingerprint density at radius 1 is 0.914 bits per heavy atom. The van der Waals surface area contributed by atoms with Gasteiger partial charge in [-0.3, -0.25) is 10.1 Å². The monoisotopic (exact) mass is 472 g/mol. The molecule has 0 aromatic heterocycles. The molecule has 0 bridgehead atoms. The van der Waals surface area contributed by atoms with Gasteiger partial charge >= 0.3 is 12.1 Å². The second-order valence-corrected chi connectivity index (χ2v) is 8.49. The van der Waals surface area contributed by atoms with Gasteiger partial charge in [0.2, 0.25) is 0 Å². The van der Waals surface area contributed by atoms with Crippen molar-refractivity contribution in [3.8, 4) is 11.1 Å². The average Bonchev–Trinajstić information content (AvgIpc) is 3.46. The molecule has 3 aromatic carbocycles. The fraction of sp³-hybridized carbons (Fsp3) is 0.222. The number of hydrogen-bond donors (Lipinski definition) is 3. The Balaban J connectivity index is 1.26. The SMILES string of the molecule is O=C(Nc1ccccc1C(=O)NC1CCOC1C(=O)O)OCC1c2ccccc2-c2ccccc21. The molecule has 3 aromatic rings. The molecule has 8 heteroatoms. The highest BCUT2D eigenvalue weighted by Crippen LogP contribution is 2.44. The van der Waals surface area contributed by atoms with Crippen LogP contribution in [0.15, 0.2) is 72.8 Å². The van der Waals surface area contributed by atoms with E-state index in [2.05, 4.69) is 22.8 Å². The molecule has 8 nitrogen and oxygen atoms in total. The maximum Gasteiger partial charge on any atom is 0.411 e. The third-order valence-electron chi connectivity index (χ3n) is 6.40. The number of hydrogen-bond acceptors (Lipinski definition) is 5. The largest absolute Gasteiger partial charge is 0.479 e. The Kier molecular flexibility index (Phi) is 6.20. The van der Waals surface area contributed by atoms with Crippen LogP contribution < -0.4 is 10.6 Å². The number of nitrogens with one attached hydrogen (secondary N) is 2. The summed E-state index contributed by atoms with van der Waals surface area (Å²) in [6, 6.07) is 22.0. The number of carbonyl (C=O) groups is 3. The van der Waals surface area contributed by atoms with E-state index < -0.39 is 30.1 Å². The maximum absolute atomic E-state index is 12.9. The standard InChI is InChI=1S/C27H24N2O6/c30-25(28-23-13-14-34-24(23)26(31)32)20-11-5-6-12-22(20)29-27(33)35-15-21-18-9-3-1-7-16(18)17-8-2-4-10-19(17)21/h1-12,21,23-24H,13-15H2,(H,28,30)(H,29,33)(H,31,32). The predicted octanol–water partition coefficient (Wildman–Crippen LogP) is 4.02. The molecule has 2 amide bonds. The first kappa shape index (κ1) is 22.6. The van der Waals surface area contributed by atoms with Gasteiger partial charge in [-0.05, 0) is 40.8 Å². The molecule has 1 saturated heterocycles. The van der Waals surface area contributed by atoms with E-state index >= 15 is 0 Å². The number of benzene rings is 3. The van der Waals surface area contributed by atoms with Crippen LogP contribution in [0, 0.1) is 0 Å². The maximum atomic E-state index is 12.9. The van der Waals surface area contributed by atoms with Gasteiger partial charge in [0.15, 0.2) is 6.10 Å². The van der Waals surface area contributed by atoms with Crippen LogP contribution in [0.1, 0.15) is 33.8 Å². The topological polar surface area (TPSA) is 114 Å². The number of carbonyl (C=O) groups excluding carboxylic acids is 2. The van der Waals surface area contributed by atoms with Gasteiger partial charge in [0, 0.05) is 12.5 Å². The number of rotatable bonds is 6. The van der Waals surface area contributed by atoms with E-state index in [4.69, 9.17) is 9.47 Å². The molecule has 3 N–H and O–H groups in total. The molecular weight excluding hydrogens is 448 g/mol. The van der Waals surface area contributed by atoms with Crippen LogP contribution in [0.4, 0.5) is 10.5 Å². The van der Waals surface area contributed by atoms with Gasteiger partial charge in [-0.25, -0.2) is 9.59 Å². The molecule has 0 saturated carbocycles. The molecule has 1 aliphatic carbocycles. The number of anilines is 1. The van der Waals surface area contributed by atoms with Crippen LogP contribution >= 0.6 is 0 Å². The highest BCUT2D eigenvalue weighted by Gasteiger charge is 2.35. The van der Waals surface area contributed by atoms with E-state index in [9.17, 15) is 19.5 Å². The first-order chi connectivity index (χ1) is 17.0. The van der Waals surface area contributed by atoms with Crippen LogP contribution in [0.2, 0.25) is 0 Å². The third kappa shape index (κ3) is 4.48. The van der Waals surface area contributed by atoms with Crippen molar-refractivity contribution in [2.45, 2.75) is 24.5 Å². The van der Waals surface area contributed by atoms with Crippen molar-refractivity contribution in [3.05, 3.63) is 89.5 Å². The average molecular weight is 472 g/mol. The van der Waals surface area contributed by atoms with Crippen molar-refractivity contribution in [2.24, 2.45) is 0 Å². The van der Waals surface area contributed by atoms with Crippen LogP contribution in [0.5, 0.6) is 0 Å². The van der Waals surface area contributed by atoms with Crippen LogP contribution in [0.25, 0.3) is 11.1 Å². The van der Waals surface area contributed by atoms with Crippen molar-refractivity contribution in [1.82, 2.24) is 5.32 Å². The molecular formula is C27H24N2O6. The molecule has 0 radical (unpaired) electrons. The van der Waals surface area contributed by atoms with E-state index in [1.54, 1.807) is 24.3 Å². The van der Waals surface area contributed by atoms with E-state index in [1.807, 2.05) is 36.4 Å². The van der Waals surface area contributed by atoms with Crippen molar-refractivity contribution in [1.29, 1.82) is 0 Å². The lowest BCUT2D eigenvalue weighted by Crippen LogP contribution is -2.44. The van der Waals surface area contributed by atoms with Crippen molar-refractivity contribution >= 4 is 23.7 Å². The number of carboxylic acids is 1. The molecule has 0 spiro atoms. The van der Waals surface area contributed by atoms with Crippen LogP contribution in [0.3, 0.4) is 0 Å². The van der Waals surface area contributed by atoms with Gasteiger partial charge < -0.3 is 19.9 Å². The number of carboxylic acid groups (broad SMARTS) is 1. The first-order valence-corrected chi connectivity index (χ1v) is 11.4. The summed E-state index contributed by atoms with van der Waals surface area (Å²) in [4.78, 5) is 36.9. The van der Waals surface area contributed by atoms with Gasteiger partial charge in [-0.1, -0.05) is 60.7 Å².